The highest BCUT2D eigenvalue weighted by molar-refractivity contribution is 7.22. The first-order chi connectivity index (χ1) is 12.5. The van der Waals surface area contributed by atoms with Gasteiger partial charge in [0.2, 0.25) is 0 Å². The molecule has 0 radical (unpaired) electrons. The van der Waals surface area contributed by atoms with Crippen molar-refractivity contribution in [1.82, 2.24) is 9.88 Å². The number of anilines is 1. The molecule has 0 N–H and O–H groups in total. The van der Waals surface area contributed by atoms with E-state index in [1.807, 2.05) is 17.0 Å². The van der Waals surface area contributed by atoms with Crippen LogP contribution in [0.5, 0.6) is 0 Å². The molecule has 2 fully saturated rings. The second-order valence-corrected chi connectivity index (χ2v) is 9.51. The quantitative estimate of drug-likeness (QED) is 0.771. The smallest absolute Gasteiger partial charge is 0.253 e. The Morgan fingerprint density at radius 2 is 1.77 bits per heavy atom. The van der Waals surface area contributed by atoms with Crippen molar-refractivity contribution in [2.45, 2.75) is 40.0 Å². The van der Waals surface area contributed by atoms with Crippen LogP contribution in [-0.4, -0.2) is 42.0 Å². The molecule has 0 saturated carbocycles. The summed E-state index contributed by atoms with van der Waals surface area (Å²) in [4.78, 5) is 22.2. The molecule has 5 heteroatoms. The van der Waals surface area contributed by atoms with Crippen molar-refractivity contribution in [3.8, 4) is 0 Å². The minimum atomic E-state index is 0.173. The predicted molar refractivity (Wildman–Crippen MR) is 109 cm³/mol. The van der Waals surface area contributed by atoms with Gasteiger partial charge in [0.25, 0.3) is 5.91 Å². The number of thiazole rings is 1. The van der Waals surface area contributed by atoms with E-state index in [2.05, 4.69) is 31.7 Å². The molecule has 0 spiro atoms. The van der Waals surface area contributed by atoms with Crippen molar-refractivity contribution in [3.05, 3.63) is 23.8 Å². The van der Waals surface area contributed by atoms with Crippen LogP contribution in [0.15, 0.2) is 18.2 Å². The molecule has 2 atom stereocenters. The molecule has 2 aliphatic rings. The van der Waals surface area contributed by atoms with Gasteiger partial charge in [0, 0.05) is 31.7 Å². The molecule has 3 heterocycles. The van der Waals surface area contributed by atoms with Crippen LogP contribution in [0.25, 0.3) is 10.2 Å². The van der Waals surface area contributed by atoms with Crippen molar-refractivity contribution >= 4 is 32.6 Å². The van der Waals surface area contributed by atoms with E-state index in [9.17, 15) is 4.79 Å². The summed E-state index contributed by atoms with van der Waals surface area (Å²) in [6.07, 6.45) is 3.70. The Labute approximate surface area is 160 Å². The highest BCUT2D eigenvalue weighted by Crippen LogP contribution is 2.32. The zero-order chi connectivity index (χ0) is 18.3. The van der Waals surface area contributed by atoms with Crippen LogP contribution in [0.1, 0.15) is 50.4 Å². The van der Waals surface area contributed by atoms with Gasteiger partial charge >= 0.3 is 0 Å². The van der Waals surface area contributed by atoms with Crippen molar-refractivity contribution < 1.29 is 4.79 Å². The first kappa shape index (κ1) is 17.8. The molecular weight excluding hydrogens is 342 g/mol. The highest BCUT2D eigenvalue weighted by atomic mass is 32.1. The Morgan fingerprint density at radius 3 is 2.46 bits per heavy atom. The Morgan fingerprint density at radius 1 is 1.08 bits per heavy atom. The van der Waals surface area contributed by atoms with Gasteiger partial charge < -0.3 is 9.80 Å². The zero-order valence-electron chi connectivity index (χ0n) is 16.1. The Hall–Kier alpha value is -1.62. The molecule has 140 valence electrons. The second-order valence-electron chi connectivity index (χ2n) is 8.50. The van der Waals surface area contributed by atoms with Crippen molar-refractivity contribution in [3.63, 3.8) is 0 Å². The van der Waals surface area contributed by atoms with Crippen molar-refractivity contribution in [2.75, 3.05) is 31.1 Å². The predicted octanol–water partition coefficient (Wildman–Crippen LogP) is 4.65. The molecule has 26 heavy (non-hydrogen) atoms. The molecule has 2 aliphatic heterocycles. The fraction of sp³-hybridized carbons (Fsp3) is 0.619. The molecule has 2 saturated heterocycles. The summed E-state index contributed by atoms with van der Waals surface area (Å²) in [7, 11) is 0. The van der Waals surface area contributed by atoms with E-state index in [0.717, 1.165) is 53.0 Å². The lowest BCUT2D eigenvalue weighted by atomic mass is 9.91. The Balaban J connectivity index is 1.54. The van der Waals surface area contributed by atoms with Crippen LogP contribution in [0.3, 0.4) is 0 Å². The Kier molecular flexibility index (Phi) is 4.91. The van der Waals surface area contributed by atoms with Gasteiger partial charge in [0.1, 0.15) is 0 Å². The molecule has 4 rings (SSSR count). The van der Waals surface area contributed by atoms with Crippen molar-refractivity contribution in [2.24, 2.45) is 17.8 Å². The normalized spacial score (nSPS) is 25.0. The topological polar surface area (TPSA) is 36.4 Å². The van der Waals surface area contributed by atoms with Gasteiger partial charge in [0.15, 0.2) is 5.13 Å². The van der Waals surface area contributed by atoms with E-state index in [0.29, 0.717) is 11.8 Å². The van der Waals surface area contributed by atoms with Gasteiger partial charge in [0.05, 0.1) is 10.2 Å². The first-order valence-corrected chi connectivity index (χ1v) is 10.8. The van der Waals surface area contributed by atoms with Crippen LogP contribution in [0.4, 0.5) is 5.13 Å². The molecule has 2 unspecified atom stereocenters. The SMILES string of the molecule is CC1CCN(c2nc3ccc(C(=O)N4CC(C)CC(C)C4)cc3s2)CC1. The lowest BCUT2D eigenvalue weighted by Crippen LogP contribution is -2.42. The third-order valence-electron chi connectivity index (χ3n) is 5.83. The van der Waals surface area contributed by atoms with Crippen LogP contribution >= 0.6 is 11.3 Å². The summed E-state index contributed by atoms with van der Waals surface area (Å²) >= 11 is 1.73. The highest BCUT2D eigenvalue weighted by Gasteiger charge is 2.26. The number of benzene rings is 1. The molecule has 1 aromatic heterocycles. The number of nitrogens with zero attached hydrogens (tertiary/aromatic N) is 3. The molecule has 0 aliphatic carbocycles. The summed E-state index contributed by atoms with van der Waals surface area (Å²) in [6.45, 7) is 10.8. The number of piperidine rings is 2. The maximum Gasteiger partial charge on any atom is 0.253 e. The lowest BCUT2D eigenvalue weighted by molar-refractivity contribution is 0.0623. The standard InChI is InChI=1S/C21H29N3OS/c1-14-6-8-23(9-7-14)21-22-18-5-4-17(11-19(18)26-21)20(25)24-12-15(2)10-16(3)13-24/h4-5,11,14-16H,6-10,12-13H2,1-3H3. The zero-order valence-corrected chi connectivity index (χ0v) is 16.9. The maximum atomic E-state index is 13.0. The lowest BCUT2D eigenvalue weighted by Gasteiger charge is -2.35. The van der Waals surface area contributed by atoms with Gasteiger partial charge in [-0.15, -0.1) is 0 Å². The summed E-state index contributed by atoms with van der Waals surface area (Å²) in [5.41, 5.74) is 1.82. The molecule has 1 aromatic carbocycles. The van der Waals surface area contributed by atoms with Crippen LogP contribution in [0, 0.1) is 17.8 Å². The van der Waals surface area contributed by atoms with E-state index in [4.69, 9.17) is 4.98 Å². The molecular formula is C21H29N3OS. The average Bonchev–Trinajstić information content (AvgIpc) is 3.04. The number of hydrogen-bond acceptors (Lipinski definition) is 4. The van der Waals surface area contributed by atoms with Crippen LogP contribution in [0.2, 0.25) is 0 Å². The van der Waals surface area contributed by atoms with Gasteiger partial charge in [-0.25, -0.2) is 4.98 Å². The minimum Gasteiger partial charge on any atom is -0.348 e. The minimum absolute atomic E-state index is 0.173. The van der Waals surface area contributed by atoms with E-state index in [1.165, 1.54) is 19.3 Å². The number of carbonyl (C=O) groups excluding carboxylic acids is 1. The number of aromatic nitrogens is 1. The first-order valence-electron chi connectivity index (χ1n) is 9.94. The molecule has 2 aromatic rings. The number of carbonyl (C=O) groups is 1. The van der Waals surface area contributed by atoms with E-state index in [1.54, 1.807) is 11.3 Å². The largest absolute Gasteiger partial charge is 0.348 e. The van der Waals surface area contributed by atoms with Crippen LogP contribution < -0.4 is 4.90 Å². The van der Waals surface area contributed by atoms with E-state index >= 15 is 0 Å². The number of amides is 1. The maximum absolute atomic E-state index is 13.0. The second kappa shape index (κ2) is 7.18. The fourth-order valence-electron chi connectivity index (χ4n) is 4.39. The number of rotatable bonds is 2. The van der Waals surface area contributed by atoms with Crippen LogP contribution in [-0.2, 0) is 0 Å². The molecule has 0 bridgehead atoms. The number of fused-ring (bicyclic) bond motifs is 1. The van der Waals surface area contributed by atoms with Gasteiger partial charge in [-0.3, -0.25) is 4.79 Å². The van der Waals surface area contributed by atoms with E-state index < -0.39 is 0 Å². The average molecular weight is 372 g/mol. The van der Waals surface area contributed by atoms with Gasteiger partial charge in [-0.05, 0) is 55.2 Å². The third-order valence-corrected chi connectivity index (χ3v) is 6.91. The monoisotopic (exact) mass is 371 g/mol. The number of hydrogen-bond donors (Lipinski definition) is 0. The van der Waals surface area contributed by atoms with Crippen molar-refractivity contribution in [1.29, 1.82) is 0 Å². The summed E-state index contributed by atoms with van der Waals surface area (Å²) in [5, 5.41) is 1.11. The third kappa shape index (κ3) is 3.59. The Bertz CT molecular complexity index is 784. The summed E-state index contributed by atoms with van der Waals surface area (Å²) in [5.74, 6) is 2.16. The number of likely N-dealkylation sites (tertiary alicyclic amines) is 1. The summed E-state index contributed by atoms with van der Waals surface area (Å²) in [6, 6.07) is 6.03. The molecule has 1 amide bonds. The van der Waals surface area contributed by atoms with Gasteiger partial charge in [-0.2, -0.15) is 0 Å². The van der Waals surface area contributed by atoms with Gasteiger partial charge in [-0.1, -0.05) is 32.1 Å². The molecule has 4 nitrogen and oxygen atoms in total. The fourth-order valence-corrected chi connectivity index (χ4v) is 5.45. The van der Waals surface area contributed by atoms with E-state index in [-0.39, 0.29) is 5.91 Å². The summed E-state index contributed by atoms with van der Waals surface area (Å²) < 4.78 is 1.13.